The minimum Gasteiger partial charge on any atom is -0.374 e. The molecule has 0 spiro atoms. The third kappa shape index (κ3) is 2.71. The van der Waals surface area contributed by atoms with Gasteiger partial charge in [0, 0.05) is 9.86 Å². The zero-order valence-electron chi connectivity index (χ0n) is 10.4. The summed E-state index contributed by atoms with van der Waals surface area (Å²) < 4.78 is 27.8. The molecule has 0 atom stereocenters. The molecule has 0 unspecified atom stereocenters. The van der Waals surface area contributed by atoms with Gasteiger partial charge in [-0.15, -0.1) is 10.2 Å². The topological polar surface area (TPSA) is 98.0 Å². The lowest BCUT2D eigenvalue weighted by atomic mass is 10.1. The van der Waals surface area contributed by atoms with Gasteiger partial charge in [0.05, 0.1) is 5.69 Å². The number of nitrogens with two attached hydrogens (primary N) is 1. The average molecular weight is 385 g/mol. The van der Waals surface area contributed by atoms with Crippen LogP contribution in [0.1, 0.15) is 0 Å². The summed E-state index contributed by atoms with van der Waals surface area (Å²) in [4.78, 5) is 0. The van der Waals surface area contributed by atoms with Gasteiger partial charge in [-0.05, 0) is 17.5 Å². The van der Waals surface area contributed by atoms with E-state index < -0.39 is 10.0 Å². The molecule has 0 saturated carbocycles. The zero-order chi connectivity index (χ0) is 15.0. The fraction of sp³-hybridized carbons (Fsp3) is 0. The number of sulfonamides is 1. The Balaban J connectivity index is 2.08. The third-order valence-electron chi connectivity index (χ3n) is 2.77. The third-order valence-corrected chi connectivity index (χ3v) is 5.94. The first kappa shape index (κ1) is 14.2. The van der Waals surface area contributed by atoms with Crippen molar-refractivity contribution < 1.29 is 8.42 Å². The molecule has 108 valence electrons. The van der Waals surface area contributed by atoms with Crippen LogP contribution in [0.2, 0.25) is 0 Å². The number of rotatable bonds is 3. The van der Waals surface area contributed by atoms with E-state index in [-0.39, 0.29) is 9.47 Å². The van der Waals surface area contributed by atoms with E-state index in [0.29, 0.717) is 5.69 Å². The van der Waals surface area contributed by atoms with Crippen molar-refractivity contribution >= 4 is 58.9 Å². The minimum atomic E-state index is -3.80. The van der Waals surface area contributed by atoms with Gasteiger partial charge in [0.2, 0.25) is 5.13 Å². The number of nitrogen functional groups attached to an aromatic ring is 1. The quantitative estimate of drug-likeness (QED) is 0.723. The molecule has 0 saturated heterocycles. The SMILES string of the molecule is Nc1nnc(S(=O)(=O)Nc2ccc(Br)c3ccccc23)s1. The number of benzene rings is 2. The molecule has 0 aliphatic heterocycles. The summed E-state index contributed by atoms with van der Waals surface area (Å²) in [5.41, 5.74) is 5.90. The molecule has 9 heteroatoms. The van der Waals surface area contributed by atoms with Crippen LogP contribution in [0, 0.1) is 0 Å². The fourth-order valence-electron chi connectivity index (χ4n) is 1.87. The van der Waals surface area contributed by atoms with Crippen molar-refractivity contribution in [2.75, 3.05) is 10.5 Å². The fourth-order valence-corrected chi connectivity index (χ4v) is 4.21. The second-order valence-corrected chi connectivity index (χ2v) is 7.87. The number of hydrogen-bond donors (Lipinski definition) is 2. The molecular weight excluding hydrogens is 376 g/mol. The van der Waals surface area contributed by atoms with E-state index >= 15 is 0 Å². The monoisotopic (exact) mass is 384 g/mol. The second-order valence-electron chi connectivity index (χ2n) is 4.15. The predicted octanol–water partition coefficient (Wildman–Crippen LogP) is 2.84. The summed E-state index contributed by atoms with van der Waals surface area (Å²) >= 11 is 4.26. The number of halogens is 1. The maximum Gasteiger partial charge on any atom is 0.291 e. The van der Waals surface area contributed by atoms with Gasteiger partial charge >= 0.3 is 0 Å². The van der Waals surface area contributed by atoms with E-state index in [1.165, 1.54) is 0 Å². The van der Waals surface area contributed by atoms with Crippen molar-refractivity contribution in [2.24, 2.45) is 0 Å². The van der Waals surface area contributed by atoms with Crippen LogP contribution in [0.15, 0.2) is 45.2 Å². The average Bonchev–Trinajstić information content (AvgIpc) is 2.90. The first-order chi connectivity index (χ1) is 9.97. The summed E-state index contributed by atoms with van der Waals surface area (Å²) in [6.45, 7) is 0. The highest BCUT2D eigenvalue weighted by atomic mass is 79.9. The number of aromatic nitrogens is 2. The van der Waals surface area contributed by atoms with Crippen molar-refractivity contribution in [3.63, 3.8) is 0 Å². The molecule has 0 aliphatic carbocycles. The Kier molecular flexibility index (Phi) is 3.56. The van der Waals surface area contributed by atoms with E-state index in [0.717, 1.165) is 26.6 Å². The lowest BCUT2D eigenvalue weighted by molar-refractivity contribution is 0.599. The van der Waals surface area contributed by atoms with Gasteiger partial charge in [-0.3, -0.25) is 4.72 Å². The van der Waals surface area contributed by atoms with Crippen molar-refractivity contribution in [1.82, 2.24) is 10.2 Å². The molecule has 1 aromatic heterocycles. The molecule has 0 bridgehead atoms. The smallest absolute Gasteiger partial charge is 0.291 e. The molecule has 3 aromatic rings. The van der Waals surface area contributed by atoms with E-state index in [4.69, 9.17) is 5.73 Å². The van der Waals surface area contributed by atoms with Gasteiger partial charge in [0.25, 0.3) is 14.4 Å². The first-order valence-corrected chi connectivity index (χ1v) is 8.86. The molecule has 3 N–H and O–H groups in total. The minimum absolute atomic E-state index is 0.107. The highest BCUT2D eigenvalue weighted by molar-refractivity contribution is 9.10. The normalized spacial score (nSPS) is 11.7. The molecule has 0 aliphatic rings. The molecule has 0 amide bonds. The maximum atomic E-state index is 12.3. The van der Waals surface area contributed by atoms with Crippen LogP contribution >= 0.6 is 27.3 Å². The number of fused-ring (bicyclic) bond motifs is 1. The van der Waals surface area contributed by atoms with Crippen molar-refractivity contribution in [2.45, 2.75) is 4.34 Å². The largest absolute Gasteiger partial charge is 0.374 e. The molecule has 2 aromatic carbocycles. The van der Waals surface area contributed by atoms with Crippen LogP contribution in [0.5, 0.6) is 0 Å². The number of hydrogen-bond acceptors (Lipinski definition) is 6. The standard InChI is InChI=1S/C12H9BrN4O2S2/c13-9-5-6-10(8-4-2-1-3-7(8)9)17-21(18,19)12-16-15-11(14)20-12/h1-6,17H,(H2,14,15). The lowest BCUT2D eigenvalue weighted by Crippen LogP contribution is -2.13. The molecule has 1 heterocycles. The highest BCUT2D eigenvalue weighted by Crippen LogP contribution is 2.31. The van der Waals surface area contributed by atoms with Gasteiger partial charge in [-0.25, -0.2) is 0 Å². The van der Waals surface area contributed by atoms with Crippen LogP contribution in [-0.2, 0) is 10.0 Å². The van der Waals surface area contributed by atoms with Gasteiger partial charge in [-0.2, -0.15) is 8.42 Å². The number of anilines is 2. The Morgan fingerprint density at radius 3 is 2.48 bits per heavy atom. The molecule has 6 nitrogen and oxygen atoms in total. The van der Waals surface area contributed by atoms with Crippen LogP contribution < -0.4 is 10.5 Å². The van der Waals surface area contributed by atoms with Crippen molar-refractivity contribution in [3.05, 3.63) is 40.9 Å². The molecule has 3 rings (SSSR count). The lowest BCUT2D eigenvalue weighted by Gasteiger charge is -2.09. The van der Waals surface area contributed by atoms with Crippen LogP contribution in [0.25, 0.3) is 10.8 Å². The molecule has 21 heavy (non-hydrogen) atoms. The molecular formula is C12H9BrN4O2S2. The van der Waals surface area contributed by atoms with Crippen molar-refractivity contribution in [3.8, 4) is 0 Å². The van der Waals surface area contributed by atoms with Crippen LogP contribution in [0.3, 0.4) is 0 Å². The van der Waals surface area contributed by atoms with E-state index in [1.807, 2.05) is 24.3 Å². The summed E-state index contributed by atoms with van der Waals surface area (Å²) in [5, 5.41) is 8.89. The maximum absolute atomic E-state index is 12.3. The Labute approximate surface area is 133 Å². The summed E-state index contributed by atoms with van der Waals surface area (Å²) in [6, 6.07) is 10.9. The van der Waals surface area contributed by atoms with E-state index in [2.05, 4.69) is 30.8 Å². The summed E-state index contributed by atoms with van der Waals surface area (Å²) in [7, 11) is -3.80. The van der Waals surface area contributed by atoms with Gasteiger partial charge < -0.3 is 5.73 Å². The predicted molar refractivity (Wildman–Crippen MR) is 86.8 cm³/mol. The van der Waals surface area contributed by atoms with Gasteiger partial charge in [-0.1, -0.05) is 51.5 Å². The summed E-state index contributed by atoms with van der Waals surface area (Å²) in [6.07, 6.45) is 0. The number of nitrogens with one attached hydrogen (secondary N) is 1. The highest BCUT2D eigenvalue weighted by Gasteiger charge is 2.20. The van der Waals surface area contributed by atoms with Crippen molar-refractivity contribution in [1.29, 1.82) is 0 Å². The van der Waals surface area contributed by atoms with Gasteiger partial charge in [0.1, 0.15) is 0 Å². The summed E-state index contributed by atoms with van der Waals surface area (Å²) in [5.74, 6) is 0. The van der Waals surface area contributed by atoms with E-state index in [9.17, 15) is 8.42 Å². The Morgan fingerprint density at radius 1 is 1.10 bits per heavy atom. The Morgan fingerprint density at radius 2 is 1.81 bits per heavy atom. The Hall–Kier alpha value is -1.71. The first-order valence-electron chi connectivity index (χ1n) is 5.76. The zero-order valence-corrected chi connectivity index (χ0v) is 13.7. The second kappa shape index (κ2) is 5.24. The molecule has 0 radical (unpaired) electrons. The van der Waals surface area contributed by atoms with Gasteiger partial charge in [0.15, 0.2) is 0 Å². The van der Waals surface area contributed by atoms with Crippen LogP contribution in [0.4, 0.5) is 10.8 Å². The molecule has 0 fully saturated rings. The van der Waals surface area contributed by atoms with E-state index in [1.54, 1.807) is 12.1 Å². The van der Waals surface area contributed by atoms with Crippen LogP contribution in [-0.4, -0.2) is 18.6 Å². The Bertz CT molecular complexity index is 924. The number of nitrogens with zero attached hydrogens (tertiary/aromatic N) is 2.